The molecule has 1 rings (SSSR count). The SMILES string of the molecule is NC(CCOCC(F)F)Cc1ccc(Cl)c(Cl)c1. The fraction of sp³-hybridized carbons (Fsp3) is 0.500. The number of benzene rings is 1. The molecule has 0 heterocycles. The molecule has 0 radical (unpaired) electrons. The number of alkyl halides is 2. The van der Waals surface area contributed by atoms with Crippen molar-refractivity contribution in [2.75, 3.05) is 13.2 Å². The quantitative estimate of drug-likeness (QED) is 0.782. The lowest BCUT2D eigenvalue weighted by molar-refractivity contribution is 0.0153. The first kappa shape index (κ1) is 15.6. The van der Waals surface area contributed by atoms with Crippen molar-refractivity contribution in [1.29, 1.82) is 0 Å². The van der Waals surface area contributed by atoms with Crippen molar-refractivity contribution in [2.24, 2.45) is 5.73 Å². The fourth-order valence-electron chi connectivity index (χ4n) is 1.48. The highest BCUT2D eigenvalue weighted by Crippen LogP contribution is 2.23. The number of hydrogen-bond donors (Lipinski definition) is 1. The topological polar surface area (TPSA) is 35.2 Å². The Hall–Kier alpha value is -0.420. The molecule has 102 valence electrons. The molecule has 0 aliphatic carbocycles. The highest BCUT2D eigenvalue weighted by atomic mass is 35.5. The summed E-state index contributed by atoms with van der Waals surface area (Å²) in [5.41, 5.74) is 6.83. The molecule has 1 unspecified atom stereocenters. The normalized spacial score (nSPS) is 13.0. The molecule has 0 aliphatic rings. The van der Waals surface area contributed by atoms with Crippen molar-refractivity contribution in [1.82, 2.24) is 0 Å². The van der Waals surface area contributed by atoms with Gasteiger partial charge in [-0.05, 0) is 30.5 Å². The predicted molar refractivity (Wildman–Crippen MR) is 69.6 cm³/mol. The van der Waals surface area contributed by atoms with Gasteiger partial charge >= 0.3 is 0 Å². The van der Waals surface area contributed by atoms with E-state index < -0.39 is 13.0 Å². The number of nitrogens with two attached hydrogens (primary N) is 1. The van der Waals surface area contributed by atoms with Crippen LogP contribution in [0.2, 0.25) is 10.0 Å². The highest BCUT2D eigenvalue weighted by Gasteiger charge is 2.07. The van der Waals surface area contributed by atoms with Crippen LogP contribution in [0.15, 0.2) is 18.2 Å². The van der Waals surface area contributed by atoms with E-state index in [9.17, 15) is 8.78 Å². The van der Waals surface area contributed by atoms with Gasteiger partial charge in [-0.25, -0.2) is 8.78 Å². The van der Waals surface area contributed by atoms with E-state index in [1.54, 1.807) is 12.1 Å². The monoisotopic (exact) mass is 297 g/mol. The van der Waals surface area contributed by atoms with E-state index in [-0.39, 0.29) is 12.6 Å². The molecular formula is C12H15Cl2F2NO. The molecule has 0 fully saturated rings. The Morgan fingerprint density at radius 3 is 2.56 bits per heavy atom. The van der Waals surface area contributed by atoms with Crippen molar-refractivity contribution in [3.63, 3.8) is 0 Å². The summed E-state index contributed by atoms with van der Waals surface area (Å²) < 4.78 is 28.4. The average Bonchev–Trinajstić information content (AvgIpc) is 2.29. The van der Waals surface area contributed by atoms with E-state index in [2.05, 4.69) is 0 Å². The zero-order valence-corrected chi connectivity index (χ0v) is 11.2. The van der Waals surface area contributed by atoms with Gasteiger partial charge in [0.1, 0.15) is 6.61 Å². The van der Waals surface area contributed by atoms with Crippen LogP contribution < -0.4 is 5.73 Å². The van der Waals surface area contributed by atoms with Gasteiger partial charge in [-0.2, -0.15) is 0 Å². The molecule has 1 aromatic rings. The van der Waals surface area contributed by atoms with Crippen molar-refractivity contribution in [3.8, 4) is 0 Å². The minimum Gasteiger partial charge on any atom is -0.375 e. The van der Waals surface area contributed by atoms with Gasteiger partial charge in [-0.15, -0.1) is 0 Å². The van der Waals surface area contributed by atoms with Gasteiger partial charge in [0, 0.05) is 12.6 Å². The second-order valence-electron chi connectivity index (χ2n) is 3.97. The van der Waals surface area contributed by atoms with Crippen LogP contribution in [0, 0.1) is 0 Å². The summed E-state index contributed by atoms with van der Waals surface area (Å²) in [5, 5.41) is 0.976. The van der Waals surface area contributed by atoms with Crippen LogP contribution in [-0.4, -0.2) is 25.7 Å². The average molecular weight is 298 g/mol. The van der Waals surface area contributed by atoms with E-state index in [0.29, 0.717) is 22.9 Å². The van der Waals surface area contributed by atoms with E-state index in [4.69, 9.17) is 33.7 Å². The maximum absolute atomic E-state index is 11.8. The van der Waals surface area contributed by atoms with Crippen LogP contribution in [0.1, 0.15) is 12.0 Å². The summed E-state index contributed by atoms with van der Waals surface area (Å²) in [7, 11) is 0. The van der Waals surface area contributed by atoms with Gasteiger partial charge in [0.05, 0.1) is 10.0 Å². The largest absolute Gasteiger partial charge is 0.375 e. The smallest absolute Gasteiger partial charge is 0.261 e. The van der Waals surface area contributed by atoms with Crippen LogP contribution in [0.5, 0.6) is 0 Å². The van der Waals surface area contributed by atoms with Gasteiger partial charge in [0.15, 0.2) is 0 Å². The Labute approximate surface area is 115 Å². The van der Waals surface area contributed by atoms with Gasteiger partial charge < -0.3 is 10.5 Å². The molecule has 1 aromatic carbocycles. The van der Waals surface area contributed by atoms with Crippen molar-refractivity contribution in [3.05, 3.63) is 33.8 Å². The summed E-state index contributed by atoms with van der Waals surface area (Å²) in [4.78, 5) is 0. The summed E-state index contributed by atoms with van der Waals surface area (Å²) in [5.74, 6) is 0. The Bertz CT molecular complexity index is 377. The lowest BCUT2D eigenvalue weighted by Gasteiger charge is -2.12. The lowest BCUT2D eigenvalue weighted by atomic mass is 10.0. The summed E-state index contributed by atoms with van der Waals surface area (Å²) >= 11 is 11.7. The molecule has 18 heavy (non-hydrogen) atoms. The fourth-order valence-corrected chi connectivity index (χ4v) is 1.80. The molecule has 2 N–H and O–H groups in total. The van der Waals surface area contributed by atoms with Crippen molar-refractivity contribution >= 4 is 23.2 Å². The number of halogens is 4. The van der Waals surface area contributed by atoms with E-state index in [1.807, 2.05) is 6.07 Å². The third-order valence-electron chi connectivity index (χ3n) is 2.36. The molecule has 0 bridgehead atoms. The zero-order chi connectivity index (χ0) is 13.5. The first-order chi connectivity index (χ1) is 8.49. The first-order valence-corrected chi connectivity index (χ1v) is 6.30. The number of rotatable bonds is 7. The summed E-state index contributed by atoms with van der Waals surface area (Å²) in [6.45, 7) is -0.313. The summed E-state index contributed by atoms with van der Waals surface area (Å²) in [6.07, 6.45) is -1.31. The molecule has 2 nitrogen and oxygen atoms in total. The van der Waals surface area contributed by atoms with Crippen LogP contribution in [0.4, 0.5) is 8.78 Å². The number of hydrogen-bond acceptors (Lipinski definition) is 2. The van der Waals surface area contributed by atoms with E-state index in [0.717, 1.165) is 5.56 Å². The van der Waals surface area contributed by atoms with Gasteiger partial charge in [0.25, 0.3) is 6.43 Å². The molecule has 0 spiro atoms. The predicted octanol–water partition coefficient (Wildman–Crippen LogP) is 3.54. The maximum Gasteiger partial charge on any atom is 0.261 e. The zero-order valence-electron chi connectivity index (χ0n) is 9.71. The Balaban J connectivity index is 2.31. The van der Waals surface area contributed by atoms with Gasteiger partial charge in [-0.1, -0.05) is 29.3 Å². The Morgan fingerprint density at radius 1 is 1.22 bits per heavy atom. The standard InChI is InChI=1S/C12H15Cl2F2NO/c13-10-2-1-8(6-11(10)14)5-9(17)3-4-18-7-12(15)16/h1-2,6,9,12H,3-5,7,17H2. The first-order valence-electron chi connectivity index (χ1n) is 5.54. The van der Waals surface area contributed by atoms with Gasteiger partial charge in [0.2, 0.25) is 0 Å². The second-order valence-corrected chi connectivity index (χ2v) is 4.78. The van der Waals surface area contributed by atoms with Crippen LogP contribution in [0.3, 0.4) is 0 Å². The van der Waals surface area contributed by atoms with Crippen LogP contribution in [-0.2, 0) is 11.2 Å². The Kier molecular flexibility index (Phi) is 6.86. The molecule has 0 saturated heterocycles. The molecule has 0 aliphatic heterocycles. The van der Waals surface area contributed by atoms with E-state index in [1.165, 1.54) is 0 Å². The summed E-state index contributed by atoms with van der Waals surface area (Å²) in [6, 6.07) is 5.15. The van der Waals surface area contributed by atoms with Crippen molar-refractivity contribution < 1.29 is 13.5 Å². The van der Waals surface area contributed by atoms with E-state index >= 15 is 0 Å². The van der Waals surface area contributed by atoms with Crippen LogP contribution in [0.25, 0.3) is 0 Å². The molecule has 0 saturated carbocycles. The molecule has 6 heteroatoms. The molecule has 1 atom stereocenters. The third-order valence-corrected chi connectivity index (χ3v) is 3.10. The highest BCUT2D eigenvalue weighted by molar-refractivity contribution is 6.42. The van der Waals surface area contributed by atoms with Crippen LogP contribution >= 0.6 is 23.2 Å². The number of ether oxygens (including phenoxy) is 1. The molecule has 0 aromatic heterocycles. The maximum atomic E-state index is 11.8. The Morgan fingerprint density at radius 2 is 1.94 bits per heavy atom. The molecular weight excluding hydrogens is 283 g/mol. The third kappa shape index (κ3) is 5.96. The van der Waals surface area contributed by atoms with Gasteiger partial charge in [-0.3, -0.25) is 0 Å². The second kappa shape index (κ2) is 7.89. The lowest BCUT2D eigenvalue weighted by Crippen LogP contribution is -2.25. The minimum absolute atomic E-state index is 0.153. The molecule has 0 amide bonds. The minimum atomic E-state index is -2.43. The van der Waals surface area contributed by atoms with Crippen molar-refractivity contribution in [2.45, 2.75) is 25.3 Å².